The number of benzene rings is 14. The lowest BCUT2D eigenvalue weighted by Gasteiger charge is -2.14. The van der Waals surface area contributed by atoms with Crippen LogP contribution in [0.4, 0.5) is 11.4 Å². The predicted octanol–water partition coefficient (Wildman–Crippen LogP) is 14.0. The molecule has 0 bridgehead atoms. The molecule has 0 saturated carbocycles. The Bertz CT molecular complexity index is 9050. The summed E-state index contributed by atoms with van der Waals surface area (Å²) in [5.41, 5.74) is 3.33. The fraction of sp³-hybridized carbons (Fsp3) is 0.0714. The summed E-state index contributed by atoms with van der Waals surface area (Å²) < 4.78 is 37.3. The average Bonchev–Trinajstić information content (AvgIpc) is 1.64. The van der Waals surface area contributed by atoms with E-state index in [2.05, 4.69) is 0 Å². The first-order valence-electron chi connectivity index (χ1n) is 44.6. The van der Waals surface area contributed by atoms with Crippen LogP contribution in [0.25, 0.3) is 54.5 Å². The molecule has 0 spiro atoms. The van der Waals surface area contributed by atoms with Crippen molar-refractivity contribution in [1.29, 1.82) is 0 Å². The number of esters is 4. The minimum atomic E-state index is -0.772. The van der Waals surface area contributed by atoms with Crippen LogP contribution in [-0.2, 0) is 14.1 Å². The van der Waals surface area contributed by atoms with Crippen LogP contribution in [0.3, 0.4) is 0 Å². The van der Waals surface area contributed by atoms with Gasteiger partial charge >= 0.3 is 23.9 Å². The Labute approximate surface area is 821 Å². The van der Waals surface area contributed by atoms with Crippen molar-refractivity contribution in [1.82, 2.24) is 28.1 Å². The molecule has 0 radical (unpaired) electrons. The third-order valence-corrected chi connectivity index (χ3v) is 24.9. The number of ether oxygens (including phenoxy) is 6. The van der Waals surface area contributed by atoms with Gasteiger partial charge in [0.2, 0.25) is 0 Å². The van der Waals surface area contributed by atoms with E-state index in [4.69, 9.17) is 28.4 Å². The second kappa shape index (κ2) is 37.4. The summed E-state index contributed by atoms with van der Waals surface area (Å²) >= 11 is 0. The molecule has 4 aliphatic heterocycles. The van der Waals surface area contributed by atoms with Crippen LogP contribution < -0.4 is 82.7 Å². The molecule has 0 unspecified atom stereocenters. The zero-order chi connectivity index (χ0) is 103. The number of carbonyl (C=O) groups excluding carboxylic acids is 12. The van der Waals surface area contributed by atoms with Crippen LogP contribution in [0.15, 0.2) is 330 Å². The molecular formula is C112H72N8O26. The number of anilines is 2. The summed E-state index contributed by atoms with van der Waals surface area (Å²) in [6.45, 7) is 7.76. The Morgan fingerprint density at radius 1 is 0.192 bits per heavy atom. The van der Waals surface area contributed by atoms with Gasteiger partial charge in [0.05, 0.1) is 133 Å². The van der Waals surface area contributed by atoms with Gasteiger partial charge in [-0.1, -0.05) is 70.8 Å². The third-order valence-electron chi connectivity index (χ3n) is 24.9. The molecule has 0 fully saturated rings. The summed E-state index contributed by atoms with van der Waals surface area (Å²) in [6.07, 6.45) is 0. The molecule has 0 atom stereocenters. The number of amides is 8. The number of hydrogen-bond acceptors (Lipinski definition) is 26. The molecule has 4 aliphatic rings. The summed E-state index contributed by atoms with van der Waals surface area (Å²) in [7, 11) is 5.46. The number of hydrogen-bond donors (Lipinski definition) is 0. The van der Waals surface area contributed by atoms with Crippen molar-refractivity contribution in [2.75, 3.05) is 23.9 Å². The van der Waals surface area contributed by atoms with Gasteiger partial charge in [0.25, 0.3) is 91.7 Å². The van der Waals surface area contributed by atoms with Crippen molar-refractivity contribution in [2.45, 2.75) is 27.7 Å². The topological polar surface area (TPSA) is 429 Å². The lowest BCUT2D eigenvalue weighted by molar-refractivity contribution is 0.0677. The monoisotopic (exact) mass is 1940 g/mol. The standard InChI is InChI=1S/C38H24N2O9.C32H20N2O8.C24H16N2O5.C18H12N2O4/c1-21-3-9-25(10-4-21)47-26-11-7-24(8-12-26)40-35(43)30-18-6-23(20-32(30)36(40)44)38(46)49-28-15-13-27(14-16-28)48-37(45)22-5-17-29-31(19-22)34(42)39(2)33(29)41;1-17-3-7-20(8-4-17)34-29(37)24-14-6-19(16-26(24)30(34)38)32(40)42-22-11-9-21(10-12-22)41-31(39)18-5-13-23-25(15-18)28(36)33(2)27(23)35;1-13-3-7-15(8-4-13)31-16-9-5-14(6-10-16)26-23(29)19-11-17-18(12-20(19)24(26)30)22(28)25(2)21(17)27;1-9-3-5-10(6-4-9)20-17(23)13-7-11-12(8-14(13)18(20)24)16(22)19(2)15(11)21/h3-20H,1-2H3;3-16H,1-2H3;3-12H,1-2H3;3-8H,1-2H3. The summed E-state index contributed by atoms with van der Waals surface area (Å²) in [4.78, 5) is 256. The maximum atomic E-state index is 13.3. The Kier molecular flexibility index (Phi) is 24.3. The number of fused-ring (bicyclic) bond motifs is 8. The molecular weight excluding hydrogens is 1870 g/mol. The average molecular weight is 1950 g/mol. The zero-order valence-electron chi connectivity index (χ0n) is 77.9. The molecule has 8 amide bonds. The van der Waals surface area contributed by atoms with E-state index in [1.807, 2.05) is 76.2 Å². The molecule has 146 heavy (non-hydrogen) atoms. The summed E-state index contributed by atoms with van der Waals surface area (Å²) in [5, 5.41) is 1.11. The van der Waals surface area contributed by atoms with E-state index >= 15 is 0 Å². The molecule has 4 aromatic heterocycles. The number of aryl methyl sites for hydroxylation is 4. The predicted molar refractivity (Wildman–Crippen MR) is 533 cm³/mol. The van der Waals surface area contributed by atoms with Gasteiger partial charge in [-0.2, -0.15) is 0 Å². The largest absolute Gasteiger partial charge is 0.457 e. The fourth-order valence-corrected chi connectivity index (χ4v) is 16.9. The molecule has 34 heteroatoms. The highest BCUT2D eigenvalue weighted by Gasteiger charge is 2.41. The van der Waals surface area contributed by atoms with Crippen molar-refractivity contribution in [3.63, 3.8) is 0 Å². The van der Waals surface area contributed by atoms with Crippen LogP contribution in [0, 0.1) is 27.7 Å². The van der Waals surface area contributed by atoms with Crippen molar-refractivity contribution in [2.24, 2.45) is 14.1 Å². The summed E-state index contributed by atoms with van der Waals surface area (Å²) in [5.74, 6) is -4.05. The number of rotatable bonds is 16. The van der Waals surface area contributed by atoms with Crippen molar-refractivity contribution in [3.8, 4) is 57.4 Å². The quantitative estimate of drug-likeness (QED) is 0.0492. The molecule has 716 valence electrons. The third kappa shape index (κ3) is 17.3. The fourth-order valence-electron chi connectivity index (χ4n) is 16.9. The molecule has 14 aromatic carbocycles. The Morgan fingerprint density at radius 2 is 0.377 bits per heavy atom. The van der Waals surface area contributed by atoms with Crippen LogP contribution in [0.1, 0.15) is 147 Å². The molecule has 34 nitrogen and oxygen atoms in total. The maximum Gasteiger partial charge on any atom is 0.343 e. The molecule has 0 N–H and O–H groups in total. The van der Waals surface area contributed by atoms with Crippen molar-refractivity contribution in [3.05, 3.63) is 463 Å². The van der Waals surface area contributed by atoms with E-state index in [0.29, 0.717) is 45.7 Å². The Morgan fingerprint density at radius 3 is 0.637 bits per heavy atom. The number of carbonyl (C=O) groups is 12. The van der Waals surface area contributed by atoms with Gasteiger partial charge in [0.15, 0.2) is 0 Å². The van der Waals surface area contributed by atoms with Crippen molar-refractivity contribution < 1.29 is 86.0 Å². The van der Waals surface area contributed by atoms with E-state index < -0.39 is 116 Å². The van der Waals surface area contributed by atoms with Gasteiger partial charge in [-0.05, 0) is 270 Å². The molecule has 8 heterocycles. The smallest absolute Gasteiger partial charge is 0.343 e. The van der Waals surface area contributed by atoms with Crippen molar-refractivity contribution >= 4 is 126 Å². The minimum absolute atomic E-state index is 0.0504. The first-order chi connectivity index (χ1) is 69.9. The van der Waals surface area contributed by atoms with Crippen LogP contribution in [-0.4, -0.2) is 113 Å². The SMILES string of the molecule is Cc1ccc(-n2c(=O)c3cc4c(=O)n(C)c(=O)c4cc3c2=O)cc1.Cc1ccc(N2C(=O)c3ccc(C(=O)Oc4ccc(OC(=O)c5ccc6c(c5)C(=O)N(C)C6=O)cc4)cc3C2=O)cc1.Cc1ccc(Oc2ccc(-n3c(=O)c4cc5c(=O)n(C)c(=O)c5cc4c3=O)cc2)cc1.Cc1ccc(Oc2ccc(N3C(=O)c4ccc(C(=O)Oc5ccc(OC(=O)c6ccc7c(c6)C(=O)N(C)C7=O)cc5)cc4C3=O)cc2)cc1. The normalized spacial score (nSPS) is 12.8. The Balaban J connectivity index is 0.000000127. The highest BCUT2D eigenvalue weighted by Crippen LogP contribution is 2.37. The second-order valence-electron chi connectivity index (χ2n) is 34.4. The van der Waals surface area contributed by atoms with Gasteiger partial charge in [-0.25, -0.2) is 38.1 Å². The van der Waals surface area contributed by atoms with Gasteiger partial charge < -0.3 is 28.4 Å². The molecule has 0 aliphatic carbocycles. The minimum Gasteiger partial charge on any atom is -0.457 e. The number of nitrogens with zero attached hydrogens (tertiary/aromatic N) is 8. The molecule has 18 aromatic rings. The lowest BCUT2D eigenvalue weighted by atomic mass is 10.1. The van der Waals surface area contributed by atoms with Gasteiger partial charge in [0, 0.05) is 28.2 Å². The van der Waals surface area contributed by atoms with E-state index in [1.165, 1.54) is 174 Å². The van der Waals surface area contributed by atoms with Crippen LogP contribution in [0.5, 0.6) is 46.0 Å². The van der Waals surface area contributed by atoms with Crippen LogP contribution >= 0.6 is 0 Å². The Hall–Kier alpha value is -20.3. The van der Waals surface area contributed by atoms with E-state index in [0.717, 1.165) is 60.1 Å². The first-order valence-corrected chi connectivity index (χ1v) is 44.6. The zero-order valence-corrected chi connectivity index (χ0v) is 77.9. The summed E-state index contributed by atoms with van der Waals surface area (Å²) in [6, 6.07) is 75.4. The lowest BCUT2D eigenvalue weighted by Crippen LogP contribution is -2.29. The molecule has 22 rings (SSSR count). The first kappa shape index (κ1) is 94.6. The highest BCUT2D eigenvalue weighted by atomic mass is 16.6. The van der Waals surface area contributed by atoms with Gasteiger partial charge in [0.1, 0.15) is 46.0 Å². The maximum absolute atomic E-state index is 13.3. The molecule has 0 saturated heterocycles. The van der Waals surface area contributed by atoms with E-state index in [1.54, 1.807) is 97.1 Å². The second-order valence-corrected chi connectivity index (χ2v) is 34.4. The number of imide groups is 4. The van der Waals surface area contributed by atoms with Gasteiger partial charge in [-0.15, -0.1) is 0 Å². The van der Waals surface area contributed by atoms with E-state index in [9.17, 15) is 95.9 Å². The van der Waals surface area contributed by atoms with Crippen LogP contribution in [0.2, 0.25) is 0 Å². The van der Waals surface area contributed by atoms with Gasteiger partial charge in [-0.3, -0.25) is 95.6 Å². The van der Waals surface area contributed by atoms with E-state index in [-0.39, 0.29) is 133 Å². The highest BCUT2D eigenvalue weighted by molar-refractivity contribution is 6.36. The number of aromatic nitrogens is 4.